The zero-order chi connectivity index (χ0) is 11.7. The van der Waals surface area contributed by atoms with Crippen molar-refractivity contribution in [1.29, 1.82) is 0 Å². The molecule has 1 aromatic carbocycles. The van der Waals surface area contributed by atoms with Crippen LogP contribution in [0.2, 0.25) is 0 Å². The van der Waals surface area contributed by atoms with Crippen molar-refractivity contribution in [2.45, 2.75) is 20.4 Å². The van der Waals surface area contributed by atoms with Crippen molar-refractivity contribution in [3.63, 3.8) is 0 Å². The molecule has 0 fully saturated rings. The Kier molecular flexibility index (Phi) is 2.60. The highest BCUT2D eigenvalue weighted by molar-refractivity contribution is 5.97. The maximum Gasteiger partial charge on any atom is 0.189 e. The molecule has 1 aromatic heterocycles. The second-order valence-corrected chi connectivity index (χ2v) is 3.75. The highest BCUT2D eigenvalue weighted by Gasteiger charge is 2.05. The van der Waals surface area contributed by atoms with E-state index in [2.05, 4.69) is 0 Å². The van der Waals surface area contributed by atoms with Gasteiger partial charge < -0.3 is 4.57 Å². The van der Waals surface area contributed by atoms with E-state index < -0.39 is 0 Å². The predicted molar refractivity (Wildman–Crippen MR) is 63.9 cm³/mol. The van der Waals surface area contributed by atoms with E-state index in [1.165, 1.54) is 13.0 Å². The van der Waals surface area contributed by atoms with Gasteiger partial charge in [-0.3, -0.25) is 9.59 Å². The lowest BCUT2D eigenvalue weighted by Gasteiger charge is -2.08. The number of benzene rings is 1. The molecule has 3 heteroatoms. The fraction of sp³-hybridized carbons (Fsp3) is 0.231. The Morgan fingerprint density at radius 3 is 2.69 bits per heavy atom. The van der Waals surface area contributed by atoms with E-state index in [0.717, 1.165) is 12.1 Å². The van der Waals surface area contributed by atoms with E-state index in [1.54, 1.807) is 18.3 Å². The molecule has 1 heterocycles. The van der Waals surface area contributed by atoms with E-state index in [0.29, 0.717) is 10.9 Å². The van der Waals surface area contributed by atoms with Crippen LogP contribution in [0.4, 0.5) is 0 Å². The highest BCUT2D eigenvalue weighted by Crippen LogP contribution is 2.13. The molecule has 0 spiro atoms. The third-order valence-electron chi connectivity index (χ3n) is 2.72. The Labute approximate surface area is 93.3 Å². The zero-order valence-electron chi connectivity index (χ0n) is 9.36. The van der Waals surface area contributed by atoms with Gasteiger partial charge in [-0.2, -0.15) is 0 Å². The van der Waals surface area contributed by atoms with Crippen LogP contribution in [0.5, 0.6) is 0 Å². The quantitative estimate of drug-likeness (QED) is 0.720. The maximum atomic E-state index is 11.7. The van der Waals surface area contributed by atoms with Crippen molar-refractivity contribution in [2.24, 2.45) is 0 Å². The first-order valence-corrected chi connectivity index (χ1v) is 5.27. The van der Waals surface area contributed by atoms with Crippen molar-refractivity contribution in [3.05, 3.63) is 46.2 Å². The van der Waals surface area contributed by atoms with Crippen LogP contribution >= 0.6 is 0 Å². The lowest BCUT2D eigenvalue weighted by atomic mass is 10.1. The Balaban J connectivity index is 2.83. The number of carbonyl (C=O) groups is 1. The molecule has 0 saturated carbocycles. The molecule has 0 aliphatic rings. The first-order chi connectivity index (χ1) is 7.63. The minimum atomic E-state index is -0.0391. The van der Waals surface area contributed by atoms with E-state index in [4.69, 9.17) is 0 Å². The fourth-order valence-electron chi connectivity index (χ4n) is 1.81. The Bertz CT molecular complexity index is 611. The molecular weight excluding hydrogens is 202 g/mol. The van der Waals surface area contributed by atoms with Gasteiger partial charge in [0.25, 0.3) is 0 Å². The topological polar surface area (TPSA) is 39.1 Å². The van der Waals surface area contributed by atoms with Gasteiger partial charge >= 0.3 is 0 Å². The van der Waals surface area contributed by atoms with Gasteiger partial charge in [-0.1, -0.05) is 0 Å². The molecule has 2 rings (SSSR count). The van der Waals surface area contributed by atoms with Gasteiger partial charge in [-0.15, -0.1) is 0 Å². The lowest BCUT2D eigenvalue weighted by molar-refractivity contribution is 0.101. The van der Waals surface area contributed by atoms with E-state index in [-0.39, 0.29) is 11.2 Å². The van der Waals surface area contributed by atoms with Crippen LogP contribution in [-0.4, -0.2) is 10.4 Å². The molecule has 3 nitrogen and oxygen atoms in total. The second kappa shape index (κ2) is 3.93. The largest absolute Gasteiger partial charge is 0.348 e. The van der Waals surface area contributed by atoms with Gasteiger partial charge in [-0.25, -0.2) is 0 Å². The first-order valence-electron chi connectivity index (χ1n) is 5.27. The van der Waals surface area contributed by atoms with Crippen LogP contribution in [0, 0.1) is 0 Å². The Morgan fingerprint density at radius 1 is 1.31 bits per heavy atom. The zero-order valence-corrected chi connectivity index (χ0v) is 9.36. The lowest BCUT2D eigenvalue weighted by Crippen LogP contribution is -2.08. The molecule has 0 aliphatic heterocycles. The number of hydrogen-bond donors (Lipinski definition) is 0. The molecule has 0 bridgehead atoms. The number of aromatic nitrogens is 1. The number of fused-ring (bicyclic) bond motifs is 1. The fourth-order valence-corrected chi connectivity index (χ4v) is 1.81. The minimum Gasteiger partial charge on any atom is -0.348 e. The highest BCUT2D eigenvalue weighted by atomic mass is 16.1. The van der Waals surface area contributed by atoms with E-state index >= 15 is 0 Å². The molecule has 0 atom stereocenters. The third-order valence-corrected chi connectivity index (χ3v) is 2.72. The number of carbonyl (C=O) groups excluding carboxylic acids is 1. The summed E-state index contributed by atoms with van der Waals surface area (Å²) >= 11 is 0. The summed E-state index contributed by atoms with van der Waals surface area (Å²) in [5, 5.41) is 0.608. The summed E-state index contributed by atoms with van der Waals surface area (Å²) in [7, 11) is 0. The molecular formula is C13H13NO2. The minimum absolute atomic E-state index is 0.0202. The first kappa shape index (κ1) is 10.6. The van der Waals surface area contributed by atoms with Gasteiger partial charge in [0, 0.05) is 29.8 Å². The maximum absolute atomic E-state index is 11.7. The standard InChI is InChI=1S/C13H13NO2/c1-3-14-7-6-13(16)11-8-10(9(2)15)4-5-12(11)14/h4-8H,3H2,1-2H3. The SMILES string of the molecule is CCn1ccc(=O)c2cc(C(C)=O)ccc21. The van der Waals surface area contributed by atoms with Crippen molar-refractivity contribution >= 4 is 16.7 Å². The number of nitrogens with zero attached hydrogens (tertiary/aromatic N) is 1. The molecule has 0 unspecified atom stereocenters. The van der Waals surface area contributed by atoms with E-state index in [1.807, 2.05) is 17.6 Å². The normalized spacial score (nSPS) is 10.6. The van der Waals surface area contributed by atoms with Gasteiger partial charge in [0.05, 0.1) is 5.52 Å². The van der Waals surface area contributed by atoms with Crippen LogP contribution in [-0.2, 0) is 6.54 Å². The van der Waals surface area contributed by atoms with Crippen LogP contribution in [0.25, 0.3) is 10.9 Å². The Morgan fingerprint density at radius 2 is 2.06 bits per heavy atom. The summed E-state index contributed by atoms with van der Waals surface area (Å²) < 4.78 is 1.99. The summed E-state index contributed by atoms with van der Waals surface area (Å²) in [6.07, 6.45) is 1.78. The van der Waals surface area contributed by atoms with Crippen LogP contribution < -0.4 is 5.43 Å². The van der Waals surface area contributed by atoms with Gasteiger partial charge in [-0.05, 0) is 32.0 Å². The summed E-state index contributed by atoms with van der Waals surface area (Å²) in [6.45, 7) is 4.32. The van der Waals surface area contributed by atoms with Crippen molar-refractivity contribution in [3.8, 4) is 0 Å². The third kappa shape index (κ3) is 1.65. The van der Waals surface area contributed by atoms with Crippen molar-refractivity contribution in [2.75, 3.05) is 0 Å². The Hall–Kier alpha value is -1.90. The number of rotatable bonds is 2. The van der Waals surface area contributed by atoms with Gasteiger partial charge in [0.15, 0.2) is 11.2 Å². The molecule has 0 aliphatic carbocycles. The monoisotopic (exact) mass is 215 g/mol. The molecule has 16 heavy (non-hydrogen) atoms. The predicted octanol–water partition coefficient (Wildman–Crippen LogP) is 2.22. The molecule has 0 N–H and O–H groups in total. The summed E-state index contributed by atoms with van der Waals surface area (Å²) in [5.74, 6) is -0.0202. The number of pyridine rings is 1. The average molecular weight is 215 g/mol. The van der Waals surface area contributed by atoms with Crippen molar-refractivity contribution < 1.29 is 4.79 Å². The summed E-state index contributed by atoms with van der Waals surface area (Å²) in [5.41, 5.74) is 1.42. The van der Waals surface area contributed by atoms with Crippen LogP contribution in [0.3, 0.4) is 0 Å². The van der Waals surface area contributed by atoms with Gasteiger partial charge in [0.1, 0.15) is 0 Å². The second-order valence-electron chi connectivity index (χ2n) is 3.75. The summed E-state index contributed by atoms with van der Waals surface area (Å²) in [4.78, 5) is 22.9. The van der Waals surface area contributed by atoms with Crippen LogP contribution in [0.15, 0.2) is 35.3 Å². The number of hydrogen-bond acceptors (Lipinski definition) is 2. The summed E-state index contributed by atoms with van der Waals surface area (Å²) in [6, 6.07) is 6.80. The van der Waals surface area contributed by atoms with Gasteiger partial charge in [0.2, 0.25) is 0 Å². The number of aryl methyl sites for hydroxylation is 1. The average Bonchev–Trinajstić information content (AvgIpc) is 2.29. The smallest absolute Gasteiger partial charge is 0.189 e. The molecule has 0 saturated heterocycles. The molecule has 82 valence electrons. The molecule has 2 aromatic rings. The van der Waals surface area contributed by atoms with Crippen molar-refractivity contribution in [1.82, 2.24) is 4.57 Å². The van der Waals surface area contributed by atoms with Crippen LogP contribution in [0.1, 0.15) is 24.2 Å². The molecule has 0 radical (unpaired) electrons. The number of ketones is 1. The number of Topliss-reactive ketones (excluding diaryl/α,β-unsaturated/α-hetero) is 1. The van der Waals surface area contributed by atoms with E-state index in [9.17, 15) is 9.59 Å². The molecule has 0 amide bonds.